The van der Waals surface area contributed by atoms with Crippen molar-refractivity contribution >= 4 is 35.8 Å². The Morgan fingerprint density at radius 3 is 2.04 bits per heavy atom. The number of hydrogen-bond acceptors (Lipinski definition) is 8. The summed E-state index contributed by atoms with van der Waals surface area (Å²) in [7, 11) is 0. The Morgan fingerprint density at radius 2 is 1.43 bits per heavy atom. The molecular weight excluding hydrogens is 612 g/mol. The van der Waals surface area contributed by atoms with Gasteiger partial charge in [0, 0.05) is 0 Å². The summed E-state index contributed by atoms with van der Waals surface area (Å²) in [6.45, 7) is 6.93. The minimum Gasteiger partial charge on any atom is -0.481 e. The third-order valence-electron chi connectivity index (χ3n) is 12.9. The zero-order valence-electron chi connectivity index (χ0n) is 27.7. The van der Waals surface area contributed by atoms with E-state index in [1.54, 1.807) is 0 Å². The number of hydrogen-bond donors (Lipinski definition) is 6. The summed E-state index contributed by atoms with van der Waals surface area (Å²) >= 11 is 0. The highest BCUT2D eigenvalue weighted by molar-refractivity contribution is 5.93. The Hall–Kier alpha value is -3.22. The first-order chi connectivity index (χ1) is 22.0. The van der Waals surface area contributed by atoms with Crippen LogP contribution in [0, 0.1) is 52.3 Å². The number of nitrogens with two attached hydrogens (primary N) is 1. The standard InChI is InChI=1S/C34H52N2O11/c1-17(4-6-21(30(42)43)31(44)45)22-8-9-23-20-7-5-18-14-19(10-12-33(18,2)24(20)11-13-34(22,23)3)47-32(46)26(16-28(39)40)36-29(41)25(35)15-27(37)38/h17-26H,4-16,35H2,1-3H3,(H,36,41)(H,37,38)(H,39,40)(H,42,43)(H,44,45)/t17-,18-,19-,20+,22?,23+,24+,25+,26+,33+,34-/m1/s1. The number of carboxylic acids is 4. The zero-order chi connectivity index (χ0) is 34.8. The summed E-state index contributed by atoms with van der Waals surface area (Å²) in [4.78, 5) is 70.7. The highest BCUT2D eigenvalue weighted by Crippen LogP contribution is 2.68. The maximum Gasteiger partial charge on any atom is 0.329 e. The van der Waals surface area contributed by atoms with Crippen LogP contribution in [0.25, 0.3) is 0 Å². The fourth-order valence-electron chi connectivity index (χ4n) is 10.5. The summed E-state index contributed by atoms with van der Waals surface area (Å²) in [5, 5.41) is 39.2. The van der Waals surface area contributed by atoms with Crippen molar-refractivity contribution in [3.8, 4) is 0 Å². The molecule has 0 aromatic carbocycles. The monoisotopic (exact) mass is 664 g/mol. The summed E-state index contributed by atoms with van der Waals surface area (Å²) in [5.74, 6) is -5.66. The quantitative estimate of drug-likeness (QED) is 0.116. The molecule has 0 aromatic heterocycles. The van der Waals surface area contributed by atoms with Crippen LogP contribution in [-0.2, 0) is 33.5 Å². The Morgan fingerprint density at radius 1 is 0.809 bits per heavy atom. The van der Waals surface area contributed by atoms with Crippen LogP contribution in [0.3, 0.4) is 0 Å². The summed E-state index contributed by atoms with van der Waals surface area (Å²) in [6, 6.07) is -2.91. The Labute approximate surface area is 275 Å². The smallest absolute Gasteiger partial charge is 0.329 e. The van der Waals surface area contributed by atoms with Gasteiger partial charge >= 0.3 is 29.8 Å². The maximum atomic E-state index is 13.1. The molecule has 4 saturated carbocycles. The number of rotatable bonds is 14. The predicted octanol–water partition coefficient (Wildman–Crippen LogP) is 3.52. The van der Waals surface area contributed by atoms with Gasteiger partial charge in [-0.15, -0.1) is 0 Å². The second-order valence-electron chi connectivity index (χ2n) is 15.4. The van der Waals surface area contributed by atoms with Crippen molar-refractivity contribution in [2.24, 2.45) is 58.0 Å². The highest BCUT2D eigenvalue weighted by Gasteiger charge is 2.61. The van der Waals surface area contributed by atoms with Gasteiger partial charge in [-0.1, -0.05) is 20.8 Å². The minimum atomic E-state index is -1.48. The summed E-state index contributed by atoms with van der Waals surface area (Å²) in [6.07, 6.45) is 7.54. The molecule has 4 rings (SSSR count). The van der Waals surface area contributed by atoms with E-state index in [4.69, 9.17) is 15.6 Å². The Bertz CT molecular complexity index is 1230. The molecular formula is C34H52N2O11. The van der Waals surface area contributed by atoms with E-state index < -0.39 is 72.7 Å². The van der Waals surface area contributed by atoms with Crippen LogP contribution in [0.15, 0.2) is 0 Å². The van der Waals surface area contributed by atoms with Crippen LogP contribution < -0.4 is 11.1 Å². The first-order valence-corrected chi connectivity index (χ1v) is 17.1. The Balaban J connectivity index is 1.37. The lowest BCUT2D eigenvalue weighted by Crippen LogP contribution is -2.55. The molecule has 7 N–H and O–H groups in total. The van der Waals surface area contributed by atoms with Gasteiger partial charge < -0.3 is 36.2 Å². The van der Waals surface area contributed by atoms with Gasteiger partial charge in [0.25, 0.3) is 0 Å². The van der Waals surface area contributed by atoms with Crippen molar-refractivity contribution in [2.75, 3.05) is 0 Å². The molecule has 0 spiro atoms. The van der Waals surface area contributed by atoms with Crippen molar-refractivity contribution in [3.63, 3.8) is 0 Å². The average molecular weight is 665 g/mol. The lowest BCUT2D eigenvalue weighted by Gasteiger charge is -2.61. The molecule has 1 amide bonds. The van der Waals surface area contributed by atoms with Gasteiger partial charge in [-0.3, -0.25) is 24.0 Å². The molecule has 4 aliphatic rings. The number of nitrogens with one attached hydrogen (secondary N) is 1. The molecule has 0 saturated heterocycles. The highest BCUT2D eigenvalue weighted by atomic mass is 16.5. The van der Waals surface area contributed by atoms with Crippen molar-refractivity contribution in [1.82, 2.24) is 5.32 Å². The topological polar surface area (TPSA) is 231 Å². The fourth-order valence-corrected chi connectivity index (χ4v) is 10.5. The number of carboxylic acid groups (broad SMARTS) is 4. The predicted molar refractivity (Wildman–Crippen MR) is 167 cm³/mol. The fraction of sp³-hybridized carbons (Fsp3) is 0.824. The van der Waals surface area contributed by atoms with Gasteiger partial charge in [-0.05, 0) is 117 Å². The molecule has 13 heteroatoms. The lowest BCUT2D eigenvalue weighted by atomic mass is 9.44. The number of carbonyl (C=O) groups excluding carboxylic acids is 2. The molecule has 1 unspecified atom stereocenters. The average Bonchev–Trinajstić information content (AvgIpc) is 3.33. The summed E-state index contributed by atoms with van der Waals surface area (Å²) < 4.78 is 5.79. The largest absolute Gasteiger partial charge is 0.481 e. The van der Waals surface area contributed by atoms with Gasteiger partial charge in [0.2, 0.25) is 5.91 Å². The SMILES string of the molecule is C[C@H](CCC(C(=O)O)C(=O)O)C1CC[C@H]2[C@@H]3CC[C@@H]4C[C@H](OC(=O)[C@H](CC(=O)O)NC(=O)[C@@H](N)CC(=O)O)CC[C@]4(C)[C@H]3CC[C@]12C. The molecule has 11 atom stereocenters. The third-order valence-corrected chi connectivity index (χ3v) is 12.9. The van der Waals surface area contributed by atoms with Crippen molar-refractivity contribution < 1.29 is 53.9 Å². The second kappa shape index (κ2) is 14.5. The molecule has 4 aliphatic carbocycles. The molecule has 264 valence electrons. The molecule has 4 fully saturated rings. The lowest BCUT2D eigenvalue weighted by molar-refractivity contribution is -0.167. The third kappa shape index (κ3) is 7.76. The number of aliphatic carboxylic acids is 4. The van der Waals surface area contributed by atoms with E-state index in [9.17, 15) is 44.1 Å². The van der Waals surface area contributed by atoms with E-state index in [0.29, 0.717) is 48.9 Å². The van der Waals surface area contributed by atoms with Crippen LogP contribution in [0.4, 0.5) is 0 Å². The minimum absolute atomic E-state index is 0.0747. The number of amides is 1. The zero-order valence-corrected chi connectivity index (χ0v) is 27.7. The van der Waals surface area contributed by atoms with Crippen LogP contribution >= 0.6 is 0 Å². The van der Waals surface area contributed by atoms with Gasteiger partial charge in [0.05, 0.1) is 18.9 Å². The van der Waals surface area contributed by atoms with E-state index >= 15 is 0 Å². The van der Waals surface area contributed by atoms with Crippen molar-refractivity contribution in [3.05, 3.63) is 0 Å². The van der Waals surface area contributed by atoms with Crippen molar-refractivity contribution in [2.45, 2.75) is 122 Å². The molecule has 0 aliphatic heterocycles. The van der Waals surface area contributed by atoms with E-state index in [1.807, 2.05) is 0 Å². The first-order valence-electron chi connectivity index (χ1n) is 17.1. The van der Waals surface area contributed by atoms with E-state index in [-0.39, 0.29) is 23.2 Å². The molecule has 0 bridgehead atoms. The first kappa shape index (κ1) is 36.6. The van der Waals surface area contributed by atoms with E-state index in [0.717, 1.165) is 44.9 Å². The molecule has 13 nitrogen and oxygen atoms in total. The van der Waals surface area contributed by atoms with Gasteiger partial charge in [0.15, 0.2) is 5.92 Å². The molecule has 0 heterocycles. The number of carbonyl (C=O) groups is 6. The molecule has 0 aromatic rings. The maximum absolute atomic E-state index is 13.1. The Kier molecular flexibility index (Phi) is 11.3. The van der Waals surface area contributed by atoms with E-state index in [1.165, 1.54) is 0 Å². The molecule has 47 heavy (non-hydrogen) atoms. The van der Waals surface area contributed by atoms with Crippen molar-refractivity contribution in [1.29, 1.82) is 0 Å². The van der Waals surface area contributed by atoms with Gasteiger partial charge in [-0.2, -0.15) is 0 Å². The van der Waals surface area contributed by atoms with Crippen LogP contribution in [-0.4, -0.2) is 74.4 Å². The normalized spacial score (nSPS) is 34.9. The number of ether oxygens (including phenoxy) is 1. The molecule has 0 radical (unpaired) electrons. The number of esters is 1. The van der Waals surface area contributed by atoms with Gasteiger partial charge in [0.1, 0.15) is 12.1 Å². The van der Waals surface area contributed by atoms with E-state index in [2.05, 4.69) is 26.1 Å². The van der Waals surface area contributed by atoms with Gasteiger partial charge in [-0.25, -0.2) is 4.79 Å². The summed E-state index contributed by atoms with van der Waals surface area (Å²) in [5.41, 5.74) is 5.81. The van der Waals surface area contributed by atoms with Crippen LogP contribution in [0.1, 0.15) is 104 Å². The second-order valence-corrected chi connectivity index (χ2v) is 15.4. The van der Waals surface area contributed by atoms with Crippen LogP contribution in [0.5, 0.6) is 0 Å². The van der Waals surface area contributed by atoms with Crippen LogP contribution in [0.2, 0.25) is 0 Å². The number of fused-ring (bicyclic) bond motifs is 5.